The van der Waals surface area contributed by atoms with Gasteiger partial charge in [-0.05, 0) is 50.7 Å². The van der Waals surface area contributed by atoms with Gasteiger partial charge in [0.25, 0.3) is 5.69 Å². The van der Waals surface area contributed by atoms with Crippen molar-refractivity contribution in [3.8, 4) is 0 Å². The SMILES string of the molecule is C.O=C(COC1CCN(C(=O)C2CCCCC2)CC1)N1CCC(Nc2ccc([N+](=O)[O-])c(C(F)(F)F)c2)CC1. The molecule has 0 unspecified atom stereocenters. The van der Waals surface area contributed by atoms with Crippen LogP contribution in [0, 0.1) is 16.0 Å². The average molecular weight is 557 g/mol. The van der Waals surface area contributed by atoms with E-state index in [2.05, 4.69) is 5.32 Å². The van der Waals surface area contributed by atoms with Gasteiger partial charge >= 0.3 is 6.18 Å². The van der Waals surface area contributed by atoms with Gasteiger partial charge in [0, 0.05) is 49.9 Å². The minimum atomic E-state index is -4.84. The number of amides is 2. The summed E-state index contributed by atoms with van der Waals surface area (Å²) in [5, 5.41) is 14.0. The number of nitrogens with zero attached hydrogens (tertiary/aromatic N) is 3. The largest absolute Gasteiger partial charge is 0.423 e. The molecule has 9 nitrogen and oxygen atoms in total. The highest BCUT2D eigenvalue weighted by molar-refractivity contribution is 5.79. The van der Waals surface area contributed by atoms with E-state index in [9.17, 15) is 32.9 Å². The predicted octanol–water partition coefficient (Wildman–Crippen LogP) is 5.24. The van der Waals surface area contributed by atoms with Crippen LogP contribution in [0.1, 0.15) is 70.8 Å². The Balaban J connectivity index is 0.00000420. The number of nitrogens with one attached hydrogen (secondary N) is 1. The van der Waals surface area contributed by atoms with Crippen molar-refractivity contribution in [1.82, 2.24) is 9.80 Å². The molecule has 0 bridgehead atoms. The van der Waals surface area contributed by atoms with Crippen LogP contribution in [-0.2, 0) is 20.5 Å². The molecule has 12 heteroatoms. The number of benzene rings is 1. The van der Waals surface area contributed by atoms with E-state index in [1.165, 1.54) is 12.5 Å². The molecule has 4 rings (SSSR count). The van der Waals surface area contributed by atoms with Gasteiger partial charge in [-0.15, -0.1) is 0 Å². The fraction of sp³-hybridized carbons (Fsp3) is 0.704. The Morgan fingerprint density at radius 3 is 2.18 bits per heavy atom. The van der Waals surface area contributed by atoms with Crippen LogP contribution in [-0.4, -0.2) is 71.5 Å². The number of rotatable bonds is 7. The first-order chi connectivity index (χ1) is 18.1. The van der Waals surface area contributed by atoms with Crippen molar-refractivity contribution in [3.63, 3.8) is 0 Å². The zero-order valence-electron chi connectivity index (χ0n) is 21.4. The molecule has 2 heterocycles. The number of carbonyl (C=O) groups is 2. The highest BCUT2D eigenvalue weighted by atomic mass is 19.4. The number of alkyl halides is 3. The van der Waals surface area contributed by atoms with Crippen LogP contribution in [0.5, 0.6) is 0 Å². The van der Waals surface area contributed by atoms with E-state index in [1.54, 1.807) is 4.90 Å². The Labute approximate surface area is 227 Å². The van der Waals surface area contributed by atoms with E-state index in [0.717, 1.165) is 37.8 Å². The number of piperidine rings is 2. The molecule has 0 aromatic heterocycles. The summed E-state index contributed by atoms with van der Waals surface area (Å²) < 4.78 is 45.6. The van der Waals surface area contributed by atoms with E-state index in [1.807, 2.05) is 4.90 Å². The fourth-order valence-corrected chi connectivity index (χ4v) is 5.65. The Morgan fingerprint density at radius 2 is 1.59 bits per heavy atom. The summed E-state index contributed by atoms with van der Waals surface area (Å²) in [6, 6.07) is 2.73. The molecule has 2 saturated heterocycles. The van der Waals surface area contributed by atoms with Crippen LogP contribution in [0.15, 0.2) is 18.2 Å². The van der Waals surface area contributed by atoms with Crippen molar-refractivity contribution in [2.75, 3.05) is 38.1 Å². The third-order valence-corrected chi connectivity index (χ3v) is 7.87. The van der Waals surface area contributed by atoms with Gasteiger partial charge in [0.1, 0.15) is 12.2 Å². The second kappa shape index (κ2) is 13.5. The van der Waals surface area contributed by atoms with Crippen molar-refractivity contribution in [2.45, 2.75) is 83.5 Å². The molecule has 1 aliphatic carbocycles. The summed E-state index contributed by atoms with van der Waals surface area (Å²) >= 11 is 0. The molecule has 3 fully saturated rings. The van der Waals surface area contributed by atoms with Crippen LogP contribution in [0.2, 0.25) is 0 Å². The van der Waals surface area contributed by atoms with Crippen LogP contribution < -0.4 is 5.32 Å². The smallest absolute Gasteiger partial charge is 0.382 e. The Kier molecular flexibility index (Phi) is 10.6. The normalized spacial score (nSPS) is 19.9. The van der Waals surface area contributed by atoms with E-state index in [0.29, 0.717) is 51.9 Å². The van der Waals surface area contributed by atoms with Crippen molar-refractivity contribution < 1.29 is 32.4 Å². The van der Waals surface area contributed by atoms with E-state index >= 15 is 0 Å². The summed E-state index contributed by atoms with van der Waals surface area (Å²) in [6.07, 6.45) is 3.04. The number of hydrogen-bond acceptors (Lipinski definition) is 6. The first-order valence-corrected chi connectivity index (χ1v) is 13.4. The molecule has 2 aliphatic heterocycles. The molecule has 1 aromatic carbocycles. The molecule has 39 heavy (non-hydrogen) atoms. The summed E-state index contributed by atoms with van der Waals surface area (Å²) in [5.74, 6) is 0.297. The Hall–Kier alpha value is -2.89. The van der Waals surface area contributed by atoms with Gasteiger partial charge < -0.3 is 19.9 Å². The minimum absolute atomic E-state index is 0. The number of nitro benzene ring substituents is 1. The van der Waals surface area contributed by atoms with E-state index in [4.69, 9.17) is 4.74 Å². The number of halogens is 3. The van der Waals surface area contributed by atoms with Gasteiger partial charge in [0.15, 0.2) is 0 Å². The molecule has 2 amide bonds. The van der Waals surface area contributed by atoms with Gasteiger partial charge in [-0.2, -0.15) is 13.2 Å². The number of likely N-dealkylation sites (tertiary alicyclic amines) is 2. The standard InChI is InChI=1S/C26H35F3N4O5.CH4/c27-26(28,29)22-16-20(6-7-23(22)33(36)37)30-19-8-12-31(13-9-19)24(34)17-38-21-10-14-32(15-11-21)25(35)18-4-2-1-3-5-18;/h6-7,16,18-19,21,30H,1-5,8-15,17H2;1H4. The lowest BCUT2D eigenvalue weighted by Crippen LogP contribution is -2.46. The zero-order valence-corrected chi connectivity index (χ0v) is 21.4. The molecule has 1 N–H and O–H groups in total. The summed E-state index contributed by atoms with van der Waals surface area (Å²) in [6.45, 7) is 2.16. The maximum atomic E-state index is 13.2. The topological polar surface area (TPSA) is 105 Å². The summed E-state index contributed by atoms with van der Waals surface area (Å²) in [4.78, 5) is 38.9. The Morgan fingerprint density at radius 1 is 0.974 bits per heavy atom. The quantitative estimate of drug-likeness (QED) is 0.364. The molecule has 0 radical (unpaired) electrons. The van der Waals surface area contributed by atoms with Crippen LogP contribution in [0.4, 0.5) is 24.5 Å². The first kappa shape index (κ1) is 30.6. The molecule has 218 valence electrons. The maximum Gasteiger partial charge on any atom is 0.423 e. The second-order valence-electron chi connectivity index (χ2n) is 10.5. The van der Waals surface area contributed by atoms with Gasteiger partial charge in [-0.3, -0.25) is 19.7 Å². The minimum Gasteiger partial charge on any atom is -0.382 e. The molecule has 0 atom stereocenters. The van der Waals surface area contributed by atoms with E-state index < -0.39 is 22.4 Å². The van der Waals surface area contributed by atoms with Crippen LogP contribution in [0.3, 0.4) is 0 Å². The third-order valence-electron chi connectivity index (χ3n) is 7.87. The van der Waals surface area contributed by atoms with Crippen molar-refractivity contribution in [3.05, 3.63) is 33.9 Å². The van der Waals surface area contributed by atoms with Crippen molar-refractivity contribution in [1.29, 1.82) is 0 Å². The molecular formula is C27H39F3N4O5. The van der Waals surface area contributed by atoms with Crippen molar-refractivity contribution in [2.24, 2.45) is 5.92 Å². The summed E-state index contributed by atoms with van der Waals surface area (Å²) in [5.41, 5.74) is -2.12. The second-order valence-corrected chi connectivity index (χ2v) is 10.5. The molecule has 1 aromatic rings. The predicted molar refractivity (Wildman–Crippen MR) is 140 cm³/mol. The molecular weight excluding hydrogens is 517 g/mol. The highest BCUT2D eigenvalue weighted by Gasteiger charge is 2.38. The fourth-order valence-electron chi connectivity index (χ4n) is 5.65. The van der Waals surface area contributed by atoms with Crippen LogP contribution >= 0.6 is 0 Å². The average Bonchev–Trinajstić information content (AvgIpc) is 2.92. The lowest BCUT2D eigenvalue weighted by atomic mass is 9.88. The molecule has 3 aliphatic rings. The molecule has 0 spiro atoms. The zero-order chi connectivity index (χ0) is 27.3. The molecule has 1 saturated carbocycles. The number of nitro groups is 1. The number of hydrogen-bond donors (Lipinski definition) is 1. The van der Waals surface area contributed by atoms with Crippen LogP contribution in [0.25, 0.3) is 0 Å². The first-order valence-electron chi connectivity index (χ1n) is 13.4. The van der Waals surface area contributed by atoms with Gasteiger partial charge in [0.05, 0.1) is 11.0 Å². The van der Waals surface area contributed by atoms with Gasteiger partial charge in [0.2, 0.25) is 11.8 Å². The Bertz CT molecular complexity index is 1000. The monoisotopic (exact) mass is 556 g/mol. The number of ether oxygens (including phenoxy) is 1. The van der Waals surface area contributed by atoms with E-state index in [-0.39, 0.29) is 49.6 Å². The maximum absolute atomic E-state index is 13.2. The van der Waals surface area contributed by atoms with Gasteiger partial charge in [-0.1, -0.05) is 26.7 Å². The number of carbonyl (C=O) groups excluding carboxylic acids is 2. The lowest BCUT2D eigenvalue weighted by Gasteiger charge is -2.36. The van der Waals surface area contributed by atoms with Gasteiger partial charge in [-0.25, -0.2) is 0 Å². The lowest BCUT2D eigenvalue weighted by molar-refractivity contribution is -0.388. The number of anilines is 1. The third kappa shape index (κ3) is 8.06. The highest BCUT2D eigenvalue weighted by Crippen LogP contribution is 2.38. The summed E-state index contributed by atoms with van der Waals surface area (Å²) in [7, 11) is 0. The van der Waals surface area contributed by atoms with Crippen molar-refractivity contribution >= 4 is 23.2 Å².